The first-order chi connectivity index (χ1) is 16.0. The van der Waals surface area contributed by atoms with Crippen molar-refractivity contribution in [2.24, 2.45) is 0 Å². The Kier molecular flexibility index (Phi) is 7.41. The van der Waals surface area contributed by atoms with E-state index in [0.29, 0.717) is 54.2 Å². The monoisotopic (exact) mass is 483 g/mol. The molecule has 0 spiro atoms. The van der Waals surface area contributed by atoms with Gasteiger partial charge in [-0.3, -0.25) is 4.79 Å². The van der Waals surface area contributed by atoms with Crippen molar-refractivity contribution in [3.63, 3.8) is 0 Å². The number of hydrogen-bond acceptors (Lipinski definition) is 6. The number of amides is 1. The molecule has 1 N–H and O–H groups in total. The number of carbonyl (C=O) groups is 2. The lowest BCUT2D eigenvalue weighted by molar-refractivity contribution is 0.0527. The molecule has 0 unspecified atom stereocenters. The summed E-state index contributed by atoms with van der Waals surface area (Å²) in [6.45, 7) is 4.35. The number of thiophene rings is 1. The van der Waals surface area contributed by atoms with Crippen LogP contribution >= 0.6 is 23.6 Å². The first-order valence-electron chi connectivity index (χ1n) is 10.8. The minimum atomic E-state index is -0.368. The second-order valence-corrected chi connectivity index (χ2v) is 9.05. The lowest BCUT2D eigenvalue weighted by Crippen LogP contribution is -2.51. The smallest absolute Gasteiger partial charge is 0.341 e. The van der Waals surface area contributed by atoms with Crippen LogP contribution in [0.5, 0.6) is 0 Å². The highest BCUT2D eigenvalue weighted by Gasteiger charge is 2.26. The van der Waals surface area contributed by atoms with E-state index < -0.39 is 0 Å². The Labute approximate surface area is 201 Å². The van der Waals surface area contributed by atoms with Gasteiger partial charge < -0.3 is 24.3 Å². The summed E-state index contributed by atoms with van der Waals surface area (Å²) in [5.74, 6) is -0.146. The first-order valence-corrected chi connectivity index (χ1v) is 12.0. The fourth-order valence-electron chi connectivity index (χ4n) is 3.62. The maximum atomic E-state index is 12.6. The van der Waals surface area contributed by atoms with Gasteiger partial charge in [-0.15, -0.1) is 11.3 Å². The average molecular weight is 484 g/mol. The van der Waals surface area contributed by atoms with Gasteiger partial charge in [-0.1, -0.05) is 30.3 Å². The number of hydrogen-bond donors (Lipinski definition) is 1. The predicted molar refractivity (Wildman–Crippen MR) is 132 cm³/mol. The van der Waals surface area contributed by atoms with Crippen LogP contribution in [0, 0.1) is 0 Å². The molecule has 1 fully saturated rings. The summed E-state index contributed by atoms with van der Waals surface area (Å²) in [6, 6.07) is 15.4. The van der Waals surface area contributed by atoms with E-state index in [1.54, 1.807) is 24.0 Å². The third kappa shape index (κ3) is 5.61. The van der Waals surface area contributed by atoms with Gasteiger partial charge in [-0.05, 0) is 42.9 Å². The van der Waals surface area contributed by atoms with Crippen molar-refractivity contribution in [1.82, 2.24) is 9.80 Å². The van der Waals surface area contributed by atoms with Crippen LogP contribution in [0.4, 0.5) is 5.00 Å². The Morgan fingerprint density at radius 1 is 1.09 bits per heavy atom. The molecule has 7 nitrogen and oxygen atoms in total. The molecule has 0 radical (unpaired) electrons. The van der Waals surface area contributed by atoms with Crippen LogP contribution in [0.25, 0.3) is 0 Å². The highest BCUT2D eigenvalue weighted by molar-refractivity contribution is 7.80. The fraction of sp³-hybridized carbons (Fsp3) is 0.292. The molecular formula is C24H25N3O4S2. The lowest BCUT2D eigenvalue weighted by Gasteiger charge is -2.35. The van der Waals surface area contributed by atoms with Crippen LogP contribution in [-0.4, -0.2) is 59.6 Å². The highest BCUT2D eigenvalue weighted by Crippen LogP contribution is 2.31. The van der Waals surface area contributed by atoms with Gasteiger partial charge in [0.2, 0.25) is 0 Å². The zero-order chi connectivity index (χ0) is 23.2. The number of esters is 1. The van der Waals surface area contributed by atoms with Gasteiger partial charge in [-0.2, -0.15) is 0 Å². The second-order valence-electron chi connectivity index (χ2n) is 7.53. The Balaban J connectivity index is 1.42. The molecule has 0 aliphatic carbocycles. The molecule has 9 heteroatoms. The number of anilines is 1. The van der Waals surface area contributed by atoms with Crippen LogP contribution in [0.15, 0.2) is 59.2 Å². The van der Waals surface area contributed by atoms with Crippen molar-refractivity contribution < 1.29 is 18.7 Å². The summed E-state index contributed by atoms with van der Waals surface area (Å²) in [4.78, 5) is 29.8. The summed E-state index contributed by atoms with van der Waals surface area (Å²) < 4.78 is 10.5. The van der Waals surface area contributed by atoms with E-state index in [1.807, 2.05) is 29.2 Å². The normalized spacial score (nSPS) is 13.6. The SMILES string of the molecule is CCOC(=O)c1cc(Cc2ccccc2)sc1NC(=S)N1CCN(C(=O)c2ccco2)CC1. The summed E-state index contributed by atoms with van der Waals surface area (Å²) in [5.41, 5.74) is 1.65. The lowest BCUT2D eigenvalue weighted by atomic mass is 10.1. The molecule has 0 saturated carbocycles. The highest BCUT2D eigenvalue weighted by atomic mass is 32.1. The molecule has 1 aliphatic rings. The fourth-order valence-corrected chi connectivity index (χ4v) is 5.05. The average Bonchev–Trinajstić information content (AvgIpc) is 3.50. The number of rotatable bonds is 6. The summed E-state index contributed by atoms with van der Waals surface area (Å²) >= 11 is 7.14. The van der Waals surface area contributed by atoms with Crippen molar-refractivity contribution in [1.29, 1.82) is 0 Å². The van der Waals surface area contributed by atoms with E-state index in [9.17, 15) is 9.59 Å². The second kappa shape index (κ2) is 10.6. The van der Waals surface area contributed by atoms with Crippen LogP contribution in [-0.2, 0) is 11.2 Å². The van der Waals surface area contributed by atoms with E-state index in [-0.39, 0.29) is 11.9 Å². The zero-order valence-electron chi connectivity index (χ0n) is 18.3. The summed E-state index contributed by atoms with van der Waals surface area (Å²) in [5, 5.41) is 4.46. The van der Waals surface area contributed by atoms with E-state index in [0.717, 1.165) is 11.3 Å². The molecule has 1 aliphatic heterocycles. The molecule has 1 amide bonds. The number of carbonyl (C=O) groups excluding carboxylic acids is 2. The molecular weight excluding hydrogens is 458 g/mol. The molecule has 0 bridgehead atoms. The van der Waals surface area contributed by atoms with Gasteiger partial charge in [0.1, 0.15) is 5.00 Å². The van der Waals surface area contributed by atoms with Gasteiger partial charge in [-0.25, -0.2) is 4.79 Å². The first kappa shape index (κ1) is 23.0. The minimum absolute atomic E-state index is 0.119. The minimum Gasteiger partial charge on any atom is -0.462 e. The van der Waals surface area contributed by atoms with E-state index >= 15 is 0 Å². The largest absolute Gasteiger partial charge is 0.462 e. The van der Waals surface area contributed by atoms with Crippen molar-refractivity contribution in [3.8, 4) is 0 Å². The third-order valence-corrected chi connectivity index (χ3v) is 6.72. The maximum Gasteiger partial charge on any atom is 0.341 e. The van der Waals surface area contributed by atoms with Crippen molar-refractivity contribution in [3.05, 3.63) is 76.6 Å². The Hall–Kier alpha value is -3.17. The van der Waals surface area contributed by atoms with Crippen molar-refractivity contribution in [2.75, 3.05) is 38.1 Å². The van der Waals surface area contributed by atoms with Gasteiger partial charge in [0, 0.05) is 37.5 Å². The third-order valence-electron chi connectivity index (χ3n) is 5.31. The number of benzene rings is 1. The molecule has 1 saturated heterocycles. The Bertz CT molecular complexity index is 1100. The van der Waals surface area contributed by atoms with E-state index in [2.05, 4.69) is 17.4 Å². The van der Waals surface area contributed by atoms with Crippen LogP contribution in [0.2, 0.25) is 0 Å². The number of nitrogens with zero attached hydrogens (tertiary/aromatic N) is 2. The van der Waals surface area contributed by atoms with E-state index in [4.69, 9.17) is 21.4 Å². The Morgan fingerprint density at radius 3 is 2.48 bits per heavy atom. The predicted octanol–water partition coefficient (Wildman–Crippen LogP) is 4.26. The van der Waals surface area contributed by atoms with Gasteiger partial charge in [0.15, 0.2) is 10.9 Å². The van der Waals surface area contributed by atoms with E-state index in [1.165, 1.54) is 23.2 Å². The number of thiocarbonyl (C=S) groups is 1. The van der Waals surface area contributed by atoms with Crippen LogP contribution in [0.1, 0.15) is 38.3 Å². The number of ether oxygens (including phenoxy) is 1. The van der Waals surface area contributed by atoms with Crippen molar-refractivity contribution >= 4 is 45.5 Å². The maximum absolute atomic E-state index is 12.6. The Morgan fingerprint density at radius 2 is 1.82 bits per heavy atom. The van der Waals surface area contributed by atoms with Gasteiger partial charge in [0.05, 0.1) is 18.4 Å². The number of piperazine rings is 1. The molecule has 4 rings (SSSR count). The molecule has 1 aromatic carbocycles. The molecule has 3 heterocycles. The van der Waals surface area contributed by atoms with Gasteiger partial charge in [0.25, 0.3) is 5.91 Å². The van der Waals surface area contributed by atoms with Crippen molar-refractivity contribution in [2.45, 2.75) is 13.3 Å². The molecule has 3 aromatic rings. The van der Waals surface area contributed by atoms with Crippen LogP contribution < -0.4 is 5.32 Å². The zero-order valence-corrected chi connectivity index (χ0v) is 19.9. The number of nitrogens with one attached hydrogen (secondary N) is 1. The molecule has 33 heavy (non-hydrogen) atoms. The molecule has 172 valence electrons. The quantitative estimate of drug-likeness (QED) is 0.415. The molecule has 2 aromatic heterocycles. The molecule has 0 atom stereocenters. The standard InChI is InChI=1S/C24H25N3O4S2/c1-2-30-23(29)19-16-18(15-17-7-4-3-5-8-17)33-21(19)25-24(32)27-12-10-26(11-13-27)22(28)20-9-6-14-31-20/h3-9,14,16H,2,10-13,15H2,1H3,(H,25,32). The summed E-state index contributed by atoms with van der Waals surface area (Å²) in [7, 11) is 0. The summed E-state index contributed by atoms with van der Waals surface area (Å²) in [6.07, 6.45) is 2.22. The topological polar surface area (TPSA) is 75.0 Å². The van der Waals surface area contributed by atoms with Gasteiger partial charge >= 0.3 is 5.97 Å². The number of furan rings is 1. The van der Waals surface area contributed by atoms with Crippen LogP contribution in [0.3, 0.4) is 0 Å².